The summed E-state index contributed by atoms with van der Waals surface area (Å²) >= 11 is 0. The van der Waals surface area contributed by atoms with E-state index in [0.29, 0.717) is 17.9 Å². The number of methoxy groups -OCH3 is 1. The van der Waals surface area contributed by atoms with Gasteiger partial charge in [0.15, 0.2) is 0 Å². The quantitative estimate of drug-likeness (QED) is 0.548. The Bertz CT molecular complexity index is 334. The molecule has 0 N–H and O–H groups in total. The Hall–Kier alpha value is -1.51. The number of esters is 1. The van der Waals surface area contributed by atoms with Gasteiger partial charge in [0.2, 0.25) is 0 Å². The highest BCUT2D eigenvalue weighted by Crippen LogP contribution is 2.18. The van der Waals surface area contributed by atoms with E-state index in [1.54, 1.807) is 25.3 Å². The molecule has 3 heteroatoms. The van der Waals surface area contributed by atoms with Gasteiger partial charge in [0.25, 0.3) is 0 Å². The number of carbonyl (C=O) groups is 1. The summed E-state index contributed by atoms with van der Waals surface area (Å²) < 4.78 is 10.2. The number of hydrogen-bond donors (Lipinski definition) is 0. The van der Waals surface area contributed by atoms with E-state index < -0.39 is 0 Å². The third-order valence-electron chi connectivity index (χ3n) is 2.31. The maximum atomic E-state index is 11.7. The van der Waals surface area contributed by atoms with Crippen molar-refractivity contribution in [1.82, 2.24) is 0 Å². The molecule has 0 atom stereocenters. The van der Waals surface area contributed by atoms with E-state index in [0.717, 1.165) is 19.3 Å². The Morgan fingerprint density at radius 2 is 2.00 bits per heavy atom. The Kier molecular flexibility index (Phi) is 5.40. The van der Waals surface area contributed by atoms with Crippen molar-refractivity contribution in [2.75, 3.05) is 13.7 Å². The van der Waals surface area contributed by atoms with Crippen LogP contribution in [0, 0.1) is 0 Å². The van der Waals surface area contributed by atoms with Crippen molar-refractivity contribution in [2.24, 2.45) is 0 Å². The summed E-state index contributed by atoms with van der Waals surface area (Å²) in [7, 11) is 1.54. The second-order valence-corrected chi connectivity index (χ2v) is 3.54. The second-order valence-electron chi connectivity index (χ2n) is 3.54. The van der Waals surface area contributed by atoms with E-state index in [2.05, 4.69) is 6.92 Å². The topological polar surface area (TPSA) is 35.5 Å². The zero-order valence-electron chi connectivity index (χ0n) is 9.86. The van der Waals surface area contributed by atoms with Crippen molar-refractivity contribution in [1.29, 1.82) is 0 Å². The Morgan fingerprint density at radius 1 is 1.25 bits per heavy atom. The molecular formula is C13H18O3. The SMILES string of the molecule is CCCCCOC(=O)c1ccccc1OC. The lowest BCUT2D eigenvalue weighted by Gasteiger charge is -2.08. The van der Waals surface area contributed by atoms with Gasteiger partial charge in [-0.3, -0.25) is 0 Å². The van der Waals surface area contributed by atoms with Gasteiger partial charge >= 0.3 is 5.97 Å². The Labute approximate surface area is 96.4 Å². The average molecular weight is 222 g/mol. The van der Waals surface area contributed by atoms with Crippen molar-refractivity contribution in [3.05, 3.63) is 29.8 Å². The van der Waals surface area contributed by atoms with Gasteiger partial charge in [-0.2, -0.15) is 0 Å². The van der Waals surface area contributed by atoms with Crippen LogP contribution in [0.5, 0.6) is 5.75 Å². The largest absolute Gasteiger partial charge is 0.496 e. The molecule has 88 valence electrons. The molecule has 0 aliphatic rings. The van der Waals surface area contributed by atoms with Gasteiger partial charge in [0, 0.05) is 0 Å². The summed E-state index contributed by atoms with van der Waals surface area (Å²) in [6.07, 6.45) is 3.11. The molecular weight excluding hydrogens is 204 g/mol. The fraction of sp³-hybridized carbons (Fsp3) is 0.462. The molecule has 16 heavy (non-hydrogen) atoms. The summed E-state index contributed by atoms with van der Waals surface area (Å²) in [4.78, 5) is 11.7. The van der Waals surface area contributed by atoms with Crippen molar-refractivity contribution >= 4 is 5.97 Å². The molecule has 0 radical (unpaired) electrons. The minimum Gasteiger partial charge on any atom is -0.496 e. The summed E-state index contributed by atoms with van der Waals surface area (Å²) in [6, 6.07) is 7.08. The Morgan fingerprint density at radius 3 is 2.69 bits per heavy atom. The van der Waals surface area contributed by atoms with Gasteiger partial charge in [0.1, 0.15) is 11.3 Å². The summed E-state index contributed by atoms with van der Waals surface area (Å²) in [5, 5.41) is 0. The molecule has 0 bridgehead atoms. The molecule has 0 saturated heterocycles. The zero-order chi connectivity index (χ0) is 11.8. The fourth-order valence-corrected chi connectivity index (χ4v) is 1.41. The predicted octanol–water partition coefficient (Wildman–Crippen LogP) is 3.04. The number of para-hydroxylation sites is 1. The molecule has 3 nitrogen and oxygen atoms in total. The van der Waals surface area contributed by atoms with Gasteiger partial charge in [-0.05, 0) is 18.6 Å². The van der Waals surface area contributed by atoms with Crippen LogP contribution in [0.3, 0.4) is 0 Å². The molecule has 0 fully saturated rings. The van der Waals surface area contributed by atoms with E-state index in [4.69, 9.17) is 9.47 Å². The molecule has 0 spiro atoms. The molecule has 0 heterocycles. The van der Waals surface area contributed by atoms with Crippen LogP contribution in [0.1, 0.15) is 36.5 Å². The lowest BCUT2D eigenvalue weighted by Crippen LogP contribution is -2.08. The lowest BCUT2D eigenvalue weighted by molar-refractivity contribution is 0.0494. The van der Waals surface area contributed by atoms with Gasteiger partial charge in [0.05, 0.1) is 13.7 Å². The first-order valence-electron chi connectivity index (χ1n) is 5.59. The van der Waals surface area contributed by atoms with Gasteiger partial charge in [-0.25, -0.2) is 4.79 Å². The minimum atomic E-state index is -0.312. The average Bonchev–Trinajstić information content (AvgIpc) is 2.34. The van der Waals surface area contributed by atoms with Gasteiger partial charge in [-0.15, -0.1) is 0 Å². The van der Waals surface area contributed by atoms with E-state index >= 15 is 0 Å². The Balaban J connectivity index is 2.52. The fourth-order valence-electron chi connectivity index (χ4n) is 1.41. The summed E-state index contributed by atoms with van der Waals surface area (Å²) in [5.74, 6) is 0.247. The lowest BCUT2D eigenvalue weighted by atomic mass is 10.2. The van der Waals surface area contributed by atoms with Crippen LogP contribution in [0.25, 0.3) is 0 Å². The summed E-state index contributed by atoms with van der Waals surface area (Å²) in [5.41, 5.74) is 0.487. The van der Waals surface area contributed by atoms with Crippen molar-refractivity contribution in [2.45, 2.75) is 26.2 Å². The molecule has 0 aliphatic heterocycles. The number of benzene rings is 1. The smallest absolute Gasteiger partial charge is 0.341 e. The predicted molar refractivity (Wildman–Crippen MR) is 62.8 cm³/mol. The molecule has 0 unspecified atom stereocenters. The van der Waals surface area contributed by atoms with Crippen LogP contribution >= 0.6 is 0 Å². The van der Waals surface area contributed by atoms with Crippen LogP contribution < -0.4 is 4.74 Å². The van der Waals surface area contributed by atoms with E-state index in [-0.39, 0.29) is 5.97 Å². The molecule has 0 amide bonds. The van der Waals surface area contributed by atoms with Gasteiger partial charge in [-0.1, -0.05) is 31.9 Å². The maximum Gasteiger partial charge on any atom is 0.341 e. The minimum absolute atomic E-state index is 0.312. The molecule has 0 aromatic heterocycles. The van der Waals surface area contributed by atoms with Crippen molar-refractivity contribution in [3.8, 4) is 5.75 Å². The highest BCUT2D eigenvalue weighted by Gasteiger charge is 2.11. The number of ether oxygens (including phenoxy) is 2. The summed E-state index contributed by atoms with van der Waals surface area (Å²) in [6.45, 7) is 2.59. The first kappa shape index (κ1) is 12.6. The molecule has 0 aliphatic carbocycles. The maximum absolute atomic E-state index is 11.7. The first-order valence-corrected chi connectivity index (χ1v) is 5.59. The molecule has 1 aromatic carbocycles. The zero-order valence-corrected chi connectivity index (χ0v) is 9.86. The highest BCUT2D eigenvalue weighted by atomic mass is 16.5. The third kappa shape index (κ3) is 3.57. The standard InChI is InChI=1S/C13H18O3/c1-3-4-7-10-16-13(14)11-8-5-6-9-12(11)15-2/h5-6,8-9H,3-4,7,10H2,1-2H3. The molecule has 0 saturated carbocycles. The van der Waals surface area contributed by atoms with Crippen LogP contribution in [0.4, 0.5) is 0 Å². The van der Waals surface area contributed by atoms with E-state index in [1.165, 1.54) is 0 Å². The monoisotopic (exact) mass is 222 g/mol. The number of hydrogen-bond acceptors (Lipinski definition) is 3. The third-order valence-corrected chi connectivity index (χ3v) is 2.31. The molecule has 1 aromatic rings. The number of unbranched alkanes of at least 4 members (excludes halogenated alkanes) is 2. The van der Waals surface area contributed by atoms with Crippen LogP contribution in [-0.4, -0.2) is 19.7 Å². The van der Waals surface area contributed by atoms with E-state index in [9.17, 15) is 4.79 Å². The van der Waals surface area contributed by atoms with Crippen molar-refractivity contribution in [3.63, 3.8) is 0 Å². The van der Waals surface area contributed by atoms with Gasteiger partial charge < -0.3 is 9.47 Å². The van der Waals surface area contributed by atoms with Crippen LogP contribution in [0.15, 0.2) is 24.3 Å². The number of rotatable bonds is 6. The first-order chi connectivity index (χ1) is 7.79. The van der Waals surface area contributed by atoms with Crippen LogP contribution in [0.2, 0.25) is 0 Å². The highest BCUT2D eigenvalue weighted by molar-refractivity contribution is 5.92. The molecule has 1 rings (SSSR count). The van der Waals surface area contributed by atoms with Crippen molar-refractivity contribution < 1.29 is 14.3 Å². The second kappa shape index (κ2) is 6.88. The normalized spacial score (nSPS) is 9.88. The van der Waals surface area contributed by atoms with Crippen LogP contribution in [-0.2, 0) is 4.74 Å². The number of carbonyl (C=O) groups excluding carboxylic acids is 1. The van der Waals surface area contributed by atoms with E-state index in [1.807, 2.05) is 6.07 Å².